The highest BCUT2D eigenvalue weighted by Crippen LogP contribution is 2.70. The van der Waals surface area contributed by atoms with Crippen molar-refractivity contribution in [2.75, 3.05) is 0 Å². The van der Waals surface area contributed by atoms with Gasteiger partial charge in [-0.2, -0.15) is 0 Å². The molecule has 0 radical (unpaired) electrons. The molecule has 8 atom stereocenters. The van der Waals surface area contributed by atoms with Crippen molar-refractivity contribution in [2.45, 2.75) is 94.5 Å². The molecule has 1 N–H and O–H groups in total. The van der Waals surface area contributed by atoms with Gasteiger partial charge in [-0.15, -0.1) is 0 Å². The number of aliphatic hydroxyl groups is 1. The number of hydrogen-bond donors (Lipinski definition) is 1. The van der Waals surface area contributed by atoms with Gasteiger partial charge < -0.3 is 5.11 Å². The van der Waals surface area contributed by atoms with E-state index in [1.54, 1.807) is 0 Å². The highest BCUT2D eigenvalue weighted by atomic mass is 127. The van der Waals surface area contributed by atoms with Gasteiger partial charge >= 0.3 is 0 Å². The minimum atomic E-state index is -0.0404. The van der Waals surface area contributed by atoms with Gasteiger partial charge in [-0.25, -0.2) is 0 Å². The number of alkyl halides is 1. The molecule has 0 aromatic heterocycles. The topological polar surface area (TPSA) is 20.2 Å². The van der Waals surface area contributed by atoms with Gasteiger partial charge in [-0.05, 0) is 92.3 Å². The first-order valence-corrected chi connectivity index (χ1v) is 11.3. The lowest BCUT2D eigenvalue weighted by atomic mass is 9.44. The van der Waals surface area contributed by atoms with Gasteiger partial charge in [0.1, 0.15) is 0 Å². The quantitative estimate of drug-likeness (QED) is 0.401. The third-order valence-electron chi connectivity index (χ3n) is 9.40. The Morgan fingerprint density at radius 1 is 0.957 bits per heavy atom. The monoisotopic (exact) mass is 430 g/mol. The van der Waals surface area contributed by atoms with Crippen LogP contribution in [0.1, 0.15) is 85.0 Å². The summed E-state index contributed by atoms with van der Waals surface area (Å²) in [5.41, 5.74) is 1.12. The molecule has 23 heavy (non-hydrogen) atoms. The maximum absolute atomic E-state index is 10.3. The summed E-state index contributed by atoms with van der Waals surface area (Å²) in [5, 5.41) is 10.3. The van der Waals surface area contributed by atoms with E-state index in [9.17, 15) is 5.11 Å². The number of fused-ring (bicyclic) bond motifs is 5. The van der Waals surface area contributed by atoms with Crippen molar-refractivity contribution >= 4 is 22.6 Å². The van der Waals surface area contributed by atoms with Crippen LogP contribution in [-0.4, -0.2) is 14.6 Å². The van der Waals surface area contributed by atoms with Crippen molar-refractivity contribution < 1.29 is 5.11 Å². The lowest BCUT2D eigenvalue weighted by Crippen LogP contribution is -2.60. The lowest BCUT2D eigenvalue weighted by molar-refractivity contribution is -0.108. The molecule has 1 nitrogen and oxygen atoms in total. The molecule has 132 valence electrons. The van der Waals surface area contributed by atoms with Crippen molar-refractivity contribution in [1.29, 1.82) is 0 Å². The Morgan fingerprint density at radius 2 is 1.74 bits per heavy atom. The predicted octanol–water partition coefficient (Wildman–Crippen LogP) is 5.97. The fourth-order valence-electron chi connectivity index (χ4n) is 7.96. The van der Waals surface area contributed by atoms with Crippen LogP contribution in [0.25, 0.3) is 0 Å². The summed E-state index contributed by atoms with van der Waals surface area (Å²) in [6.07, 6.45) is 13.4. The number of halogens is 1. The molecular weight excluding hydrogens is 395 g/mol. The van der Waals surface area contributed by atoms with Crippen molar-refractivity contribution in [3.63, 3.8) is 0 Å². The van der Waals surface area contributed by atoms with Crippen LogP contribution in [0.15, 0.2) is 0 Å². The van der Waals surface area contributed by atoms with Crippen LogP contribution >= 0.6 is 22.6 Å². The summed E-state index contributed by atoms with van der Waals surface area (Å²) in [7, 11) is 0. The molecule has 4 aliphatic carbocycles. The molecule has 0 aromatic carbocycles. The zero-order valence-corrected chi connectivity index (χ0v) is 17.4. The van der Waals surface area contributed by atoms with Gasteiger partial charge in [0.2, 0.25) is 0 Å². The van der Waals surface area contributed by atoms with Crippen LogP contribution in [0.2, 0.25) is 0 Å². The van der Waals surface area contributed by atoms with Gasteiger partial charge in [0.15, 0.2) is 0 Å². The molecule has 4 aliphatic rings. The van der Waals surface area contributed by atoms with Crippen LogP contribution in [0, 0.1) is 34.5 Å². The van der Waals surface area contributed by atoms with Crippen LogP contribution < -0.4 is 0 Å². The van der Waals surface area contributed by atoms with E-state index in [0.29, 0.717) is 14.3 Å². The molecule has 4 saturated carbocycles. The molecule has 8 unspecified atom stereocenters. The van der Waals surface area contributed by atoms with Crippen LogP contribution in [0.3, 0.4) is 0 Å². The molecule has 2 heteroatoms. The van der Waals surface area contributed by atoms with Crippen LogP contribution in [0.4, 0.5) is 0 Å². The average Bonchev–Trinajstić information content (AvgIpc) is 2.85. The van der Waals surface area contributed by atoms with E-state index in [-0.39, 0.29) is 6.10 Å². The first-order valence-electron chi connectivity index (χ1n) is 10.2. The molecule has 0 aliphatic heterocycles. The predicted molar refractivity (Wildman–Crippen MR) is 105 cm³/mol. The third-order valence-corrected chi connectivity index (χ3v) is 11.6. The Labute approximate surface area is 156 Å². The average molecular weight is 430 g/mol. The van der Waals surface area contributed by atoms with E-state index in [1.165, 1.54) is 51.4 Å². The summed E-state index contributed by atoms with van der Waals surface area (Å²) in [6, 6.07) is 0. The maximum Gasteiger partial charge on any atom is 0.0553 e. The fraction of sp³-hybridized carbons (Fsp3) is 1.00. The molecule has 0 heterocycles. The Balaban J connectivity index is 1.65. The van der Waals surface area contributed by atoms with Gasteiger partial charge in [0, 0.05) is 3.42 Å². The SMILES string of the molecule is CCC1CCC2C3CCC4(I)CC(O)CCC4(C)C3CCC12C. The van der Waals surface area contributed by atoms with Crippen LogP contribution in [0.5, 0.6) is 0 Å². The van der Waals surface area contributed by atoms with E-state index in [1.807, 2.05) is 0 Å². The minimum absolute atomic E-state index is 0.0404. The second-order valence-electron chi connectivity index (χ2n) is 9.92. The van der Waals surface area contributed by atoms with E-state index in [2.05, 4.69) is 43.4 Å². The zero-order valence-electron chi connectivity index (χ0n) is 15.3. The van der Waals surface area contributed by atoms with Crippen LogP contribution in [-0.2, 0) is 0 Å². The van der Waals surface area contributed by atoms with E-state index < -0.39 is 0 Å². The second kappa shape index (κ2) is 5.59. The van der Waals surface area contributed by atoms with Crippen molar-refractivity contribution in [3.8, 4) is 0 Å². The van der Waals surface area contributed by atoms with Crippen molar-refractivity contribution in [2.24, 2.45) is 34.5 Å². The number of hydrogen-bond acceptors (Lipinski definition) is 1. The third kappa shape index (κ3) is 2.25. The Hall–Kier alpha value is 0.690. The summed E-state index contributed by atoms with van der Waals surface area (Å²) < 4.78 is 0.361. The molecule has 0 aromatic rings. The van der Waals surface area contributed by atoms with Gasteiger partial charge in [-0.3, -0.25) is 0 Å². The molecule has 0 bridgehead atoms. The number of rotatable bonds is 1. The largest absolute Gasteiger partial charge is 0.393 e. The van der Waals surface area contributed by atoms with E-state index in [4.69, 9.17) is 0 Å². The fourth-order valence-corrected chi connectivity index (χ4v) is 9.45. The normalized spacial score (nSPS) is 59.1. The molecule has 0 saturated heterocycles. The summed E-state index contributed by atoms with van der Waals surface area (Å²) in [6.45, 7) is 7.68. The molecule has 0 amide bonds. The lowest BCUT2D eigenvalue weighted by Gasteiger charge is -2.64. The molecular formula is C21H35IO. The van der Waals surface area contributed by atoms with Crippen molar-refractivity contribution in [3.05, 3.63) is 0 Å². The smallest absolute Gasteiger partial charge is 0.0553 e. The highest BCUT2D eigenvalue weighted by molar-refractivity contribution is 14.1. The van der Waals surface area contributed by atoms with Crippen molar-refractivity contribution in [1.82, 2.24) is 0 Å². The molecule has 0 spiro atoms. The van der Waals surface area contributed by atoms with E-state index >= 15 is 0 Å². The maximum atomic E-state index is 10.3. The second-order valence-corrected chi connectivity index (χ2v) is 12.0. The summed E-state index contributed by atoms with van der Waals surface area (Å²) >= 11 is 2.78. The Bertz CT molecular complexity index is 478. The first kappa shape index (κ1) is 17.1. The Morgan fingerprint density at radius 3 is 2.48 bits per heavy atom. The van der Waals surface area contributed by atoms with Gasteiger partial charge in [0.25, 0.3) is 0 Å². The Kier molecular flexibility index (Phi) is 4.16. The number of aliphatic hydroxyl groups excluding tert-OH is 1. The molecule has 4 rings (SSSR count). The van der Waals surface area contributed by atoms with Gasteiger partial charge in [-0.1, -0.05) is 49.8 Å². The van der Waals surface area contributed by atoms with Gasteiger partial charge in [0.05, 0.1) is 6.10 Å². The minimum Gasteiger partial charge on any atom is -0.393 e. The zero-order chi connectivity index (χ0) is 16.5. The summed E-state index contributed by atoms with van der Waals surface area (Å²) in [4.78, 5) is 0. The van der Waals surface area contributed by atoms with E-state index in [0.717, 1.165) is 36.5 Å². The summed E-state index contributed by atoms with van der Waals surface area (Å²) in [5.74, 6) is 3.89. The standard InChI is InChI=1S/C21H35IO/c1-4-14-5-6-17-16-8-12-21(22)13-15(23)7-11-20(21,3)18(16)9-10-19(14,17)2/h14-18,23H,4-13H2,1-3H3. The molecule has 4 fully saturated rings. The highest BCUT2D eigenvalue weighted by Gasteiger charge is 2.63. The first-order chi connectivity index (χ1) is 10.8.